The predicted octanol–water partition coefficient (Wildman–Crippen LogP) is 2.98. The van der Waals surface area contributed by atoms with E-state index >= 15 is 0 Å². The predicted molar refractivity (Wildman–Crippen MR) is 70.1 cm³/mol. The number of rotatable bonds is 2. The number of hydrogen-bond donors (Lipinski definition) is 1. The summed E-state index contributed by atoms with van der Waals surface area (Å²) < 4.78 is 21.3. The SMILES string of the molecule is Cc1cc2c(F)c(-c3cc(C(=O)O)no3)ccc2n1C. The fraction of sp³-hybridized carbons (Fsp3) is 0.143. The van der Waals surface area contributed by atoms with E-state index in [0.717, 1.165) is 11.2 Å². The first kappa shape index (κ1) is 12.4. The van der Waals surface area contributed by atoms with Crippen LogP contribution in [-0.4, -0.2) is 20.8 Å². The van der Waals surface area contributed by atoms with Gasteiger partial charge in [-0.25, -0.2) is 9.18 Å². The van der Waals surface area contributed by atoms with E-state index < -0.39 is 11.8 Å². The molecule has 0 amide bonds. The number of carboxylic acid groups (broad SMARTS) is 1. The van der Waals surface area contributed by atoms with Crippen molar-refractivity contribution in [3.8, 4) is 11.3 Å². The van der Waals surface area contributed by atoms with Gasteiger partial charge in [-0.3, -0.25) is 0 Å². The zero-order valence-electron chi connectivity index (χ0n) is 10.8. The van der Waals surface area contributed by atoms with Crippen LogP contribution in [0.2, 0.25) is 0 Å². The molecule has 0 spiro atoms. The highest BCUT2D eigenvalue weighted by atomic mass is 19.1. The third kappa shape index (κ3) is 1.69. The van der Waals surface area contributed by atoms with E-state index in [1.54, 1.807) is 18.2 Å². The van der Waals surface area contributed by atoms with Gasteiger partial charge in [-0.15, -0.1) is 0 Å². The Labute approximate surface area is 113 Å². The molecule has 2 heterocycles. The van der Waals surface area contributed by atoms with Crippen molar-refractivity contribution in [3.05, 3.63) is 41.5 Å². The zero-order chi connectivity index (χ0) is 14.4. The summed E-state index contributed by atoms with van der Waals surface area (Å²) in [5, 5.41) is 12.7. The van der Waals surface area contributed by atoms with E-state index in [9.17, 15) is 9.18 Å². The minimum absolute atomic E-state index is 0.100. The monoisotopic (exact) mass is 274 g/mol. The molecule has 2 aromatic heterocycles. The van der Waals surface area contributed by atoms with Gasteiger partial charge in [0.25, 0.3) is 0 Å². The molecule has 0 unspecified atom stereocenters. The minimum atomic E-state index is -1.21. The van der Waals surface area contributed by atoms with E-state index in [1.165, 1.54) is 6.07 Å². The van der Waals surface area contributed by atoms with Crippen molar-refractivity contribution in [2.75, 3.05) is 0 Å². The number of halogens is 1. The van der Waals surface area contributed by atoms with E-state index in [1.807, 2.05) is 18.5 Å². The van der Waals surface area contributed by atoms with Crippen molar-refractivity contribution in [1.29, 1.82) is 0 Å². The van der Waals surface area contributed by atoms with Crippen LogP contribution in [0.1, 0.15) is 16.2 Å². The van der Waals surface area contributed by atoms with Crippen LogP contribution >= 0.6 is 0 Å². The molecule has 0 saturated heterocycles. The van der Waals surface area contributed by atoms with Gasteiger partial charge in [0.1, 0.15) is 5.82 Å². The van der Waals surface area contributed by atoms with Gasteiger partial charge >= 0.3 is 5.97 Å². The van der Waals surface area contributed by atoms with E-state index in [4.69, 9.17) is 9.63 Å². The van der Waals surface area contributed by atoms with Crippen LogP contribution in [0.15, 0.2) is 28.8 Å². The molecule has 0 saturated carbocycles. The summed E-state index contributed by atoms with van der Waals surface area (Å²) in [7, 11) is 1.85. The van der Waals surface area contributed by atoms with Gasteiger partial charge in [0.2, 0.25) is 0 Å². The van der Waals surface area contributed by atoms with Crippen LogP contribution in [0.3, 0.4) is 0 Å². The van der Waals surface area contributed by atoms with Gasteiger partial charge in [-0.05, 0) is 25.1 Å². The number of benzene rings is 1. The molecule has 0 fully saturated rings. The summed E-state index contributed by atoms with van der Waals surface area (Å²) in [4.78, 5) is 10.8. The van der Waals surface area contributed by atoms with E-state index in [2.05, 4.69) is 5.16 Å². The number of nitrogens with zero attached hydrogens (tertiary/aromatic N) is 2. The first-order chi connectivity index (χ1) is 9.49. The molecule has 1 N–H and O–H groups in total. The number of aryl methyl sites for hydroxylation is 2. The summed E-state index contributed by atoms with van der Waals surface area (Å²) in [5.41, 5.74) is 1.65. The summed E-state index contributed by atoms with van der Waals surface area (Å²) in [6.07, 6.45) is 0. The standard InChI is InChI=1S/C14H11FN2O3/c1-7-5-9-11(17(7)2)4-3-8(13(9)15)12-6-10(14(18)19)16-20-12/h3-6H,1-2H3,(H,18,19). The molecule has 102 valence electrons. The lowest BCUT2D eigenvalue weighted by Gasteiger charge is -2.02. The fourth-order valence-electron chi connectivity index (χ4n) is 2.20. The molecular weight excluding hydrogens is 263 g/mol. The van der Waals surface area contributed by atoms with Crippen molar-refractivity contribution in [3.63, 3.8) is 0 Å². The molecule has 0 aliphatic heterocycles. The normalized spacial score (nSPS) is 11.2. The van der Waals surface area contributed by atoms with Crippen LogP contribution < -0.4 is 0 Å². The number of fused-ring (bicyclic) bond motifs is 1. The topological polar surface area (TPSA) is 68.3 Å². The molecule has 6 heteroatoms. The van der Waals surface area contributed by atoms with Gasteiger partial charge in [-0.1, -0.05) is 5.16 Å². The maximum Gasteiger partial charge on any atom is 0.358 e. The molecule has 3 aromatic rings. The van der Waals surface area contributed by atoms with Gasteiger partial charge in [0.05, 0.1) is 11.1 Å². The average Bonchev–Trinajstić information content (AvgIpc) is 2.99. The lowest BCUT2D eigenvalue weighted by Crippen LogP contribution is -1.94. The second-order valence-electron chi connectivity index (χ2n) is 4.59. The highest BCUT2D eigenvalue weighted by Gasteiger charge is 2.18. The molecule has 20 heavy (non-hydrogen) atoms. The second kappa shape index (κ2) is 4.19. The van der Waals surface area contributed by atoms with Crippen LogP contribution in [0.5, 0.6) is 0 Å². The molecule has 0 aliphatic rings. The Kier molecular flexibility index (Phi) is 2.60. The molecule has 0 atom stereocenters. The Hall–Kier alpha value is -2.63. The molecule has 1 aromatic carbocycles. The second-order valence-corrected chi connectivity index (χ2v) is 4.59. The highest BCUT2D eigenvalue weighted by molar-refractivity contribution is 5.89. The Morgan fingerprint density at radius 1 is 1.40 bits per heavy atom. The van der Waals surface area contributed by atoms with Gasteiger partial charge in [-0.2, -0.15) is 0 Å². The molecule has 0 aliphatic carbocycles. The maximum atomic E-state index is 14.5. The Morgan fingerprint density at radius 2 is 2.15 bits per heavy atom. The molecule has 3 rings (SSSR count). The van der Waals surface area contributed by atoms with Crippen molar-refractivity contribution >= 4 is 16.9 Å². The Morgan fingerprint density at radius 3 is 2.80 bits per heavy atom. The smallest absolute Gasteiger partial charge is 0.358 e. The van der Waals surface area contributed by atoms with E-state index in [0.29, 0.717) is 5.39 Å². The fourth-order valence-corrected chi connectivity index (χ4v) is 2.20. The van der Waals surface area contributed by atoms with Crippen LogP contribution in [0.25, 0.3) is 22.2 Å². The van der Waals surface area contributed by atoms with Crippen molar-refractivity contribution in [2.45, 2.75) is 6.92 Å². The quantitative estimate of drug-likeness (QED) is 0.780. The summed E-state index contributed by atoms with van der Waals surface area (Å²) in [6.45, 7) is 1.89. The van der Waals surface area contributed by atoms with E-state index in [-0.39, 0.29) is 17.0 Å². The summed E-state index contributed by atoms with van der Waals surface area (Å²) in [5.74, 6) is -1.56. The van der Waals surface area contributed by atoms with Gasteiger partial charge < -0.3 is 14.2 Å². The minimum Gasteiger partial charge on any atom is -0.476 e. The summed E-state index contributed by atoms with van der Waals surface area (Å²) >= 11 is 0. The Balaban J connectivity index is 2.21. The first-order valence-corrected chi connectivity index (χ1v) is 5.94. The zero-order valence-corrected chi connectivity index (χ0v) is 10.8. The number of aromatic nitrogens is 2. The lowest BCUT2D eigenvalue weighted by molar-refractivity contribution is 0.0686. The van der Waals surface area contributed by atoms with Gasteiger partial charge in [0, 0.05) is 24.2 Å². The third-order valence-corrected chi connectivity index (χ3v) is 3.40. The van der Waals surface area contributed by atoms with Gasteiger partial charge in [0.15, 0.2) is 11.5 Å². The molecular formula is C14H11FN2O3. The number of aromatic carboxylic acids is 1. The Bertz CT molecular complexity index is 832. The van der Waals surface area contributed by atoms with Crippen LogP contribution in [-0.2, 0) is 7.05 Å². The van der Waals surface area contributed by atoms with Crippen LogP contribution in [0, 0.1) is 12.7 Å². The van der Waals surface area contributed by atoms with Crippen molar-refractivity contribution in [1.82, 2.24) is 9.72 Å². The largest absolute Gasteiger partial charge is 0.476 e. The average molecular weight is 274 g/mol. The van der Waals surface area contributed by atoms with Crippen molar-refractivity contribution in [2.24, 2.45) is 7.05 Å². The number of carboxylic acids is 1. The molecule has 0 radical (unpaired) electrons. The summed E-state index contributed by atoms with van der Waals surface area (Å²) in [6, 6.07) is 6.28. The highest BCUT2D eigenvalue weighted by Crippen LogP contribution is 2.30. The molecule has 0 bridgehead atoms. The van der Waals surface area contributed by atoms with Crippen LogP contribution in [0.4, 0.5) is 4.39 Å². The molecule has 5 nitrogen and oxygen atoms in total. The lowest BCUT2D eigenvalue weighted by atomic mass is 10.1. The number of carbonyl (C=O) groups is 1. The van der Waals surface area contributed by atoms with Crippen molar-refractivity contribution < 1.29 is 18.8 Å². The number of hydrogen-bond acceptors (Lipinski definition) is 3. The first-order valence-electron chi connectivity index (χ1n) is 5.94. The maximum absolute atomic E-state index is 14.5. The third-order valence-electron chi connectivity index (χ3n) is 3.40.